The molecule has 188 valence electrons. The van der Waals surface area contributed by atoms with Gasteiger partial charge in [0.25, 0.3) is 10.0 Å². The van der Waals surface area contributed by atoms with Crippen LogP contribution in [0.5, 0.6) is 5.88 Å². The number of hydrogen-bond acceptors (Lipinski definition) is 6. The Bertz CT molecular complexity index is 1210. The maximum absolute atomic E-state index is 13.5. The van der Waals surface area contributed by atoms with E-state index < -0.39 is 16.1 Å². The van der Waals surface area contributed by atoms with Crippen LogP contribution in [0.4, 0.5) is 11.4 Å². The first kappa shape index (κ1) is 24.3. The largest absolute Gasteiger partial charge is 0.468 e. The molecule has 0 spiro atoms. The van der Waals surface area contributed by atoms with Gasteiger partial charge in [0, 0.05) is 10.9 Å². The molecule has 3 aliphatic rings. The first-order valence-electron chi connectivity index (χ1n) is 12.1. The fourth-order valence-electron chi connectivity index (χ4n) is 5.82. The summed E-state index contributed by atoms with van der Waals surface area (Å²) in [5.41, 5.74) is 0.603. The van der Waals surface area contributed by atoms with Crippen molar-refractivity contribution in [3.63, 3.8) is 0 Å². The monoisotopic (exact) mass is 519 g/mol. The Morgan fingerprint density at radius 2 is 2.03 bits per heavy atom. The number of halogens is 1. The number of pyridine rings is 1. The predicted molar refractivity (Wildman–Crippen MR) is 133 cm³/mol. The minimum Gasteiger partial charge on any atom is -0.468 e. The van der Waals surface area contributed by atoms with Crippen LogP contribution in [0.1, 0.15) is 39.0 Å². The van der Waals surface area contributed by atoms with Crippen molar-refractivity contribution in [1.82, 2.24) is 4.98 Å². The van der Waals surface area contributed by atoms with Gasteiger partial charge in [0.1, 0.15) is 11.8 Å². The van der Waals surface area contributed by atoms with Crippen molar-refractivity contribution in [3.8, 4) is 5.88 Å². The first-order chi connectivity index (χ1) is 16.8. The number of nitrogens with one attached hydrogen (secondary N) is 1. The van der Waals surface area contributed by atoms with E-state index in [0.717, 1.165) is 29.0 Å². The van der Waals surface area contributed by atoms with E-state index in [1.807, 2.05) is 6.92 Å². The van der Waals surface area contributed by atoms with Gasteiger partial charge in [-0.05, 0) is 54.9 Å². The number of hydrogen-bond donors (Lipinski definition) is 2. The van der Waals surface area contributed by atoms with Gasteiger partial charge in [-0.1, -0.05) is 43.9 Å². The number of sulfonamides is 1. The molecule has 5 rings (SSSR count). The molecule has 1 aromatic carbocycles. The van der Waals surface area contributed by atoms with Crippen molar-refractivity contribution in [2.75, 3.05) is 22.8 Å². The van der Waals surface area contributed by atoms with Gasteiger partial charge in [0.2, 0.25) is 11.8 Å². The Morgan fingerprint density at radius 3 is 2.71 bits per heavy atom. The molecule has 35 heavy (non-hydrogen) atoms. The summed E-state index contributed by atoms with van der Waals surface area (Å²) < 4.78 is 33.8. The molecule has 0 bridgehead atoms. The molecule has 0 saturated heterocycles. The normalized spacial score (nSPS) is 26.5. The minimum absolute atomic E-state index is 0.0179. The Labute approximate surface area is 210 Å². The summed E-state index contributed by atoms with van der Waals surface area (Å²) in [6.07, 6.45) is 6.74. The number of aromatic nitrogens is 1. The van der Waals surface area contributed by atoms with Crippen LogP contribution in [0.3, 0.4) is 0 Å². The Kier molecular flexibility index (Phi) is 6.67. The number of benzene rings is 1. The van der Waals surface area contributed by atoms with Crippen LogP contribution in [0.25, 0.3) is 0 Å². The third-order valence-electron chi connectivity index (χ3n) is 7.75. The van der Waals surface area contributed by atoms with Crippen molar-refractivity contribution in [1.29, 1.82) is 0 Å². The molecule has 2 N–H and O–H groups in total. The zero-order valence-electron chi connectivity index (χ0n) is 19.6. The first-order valence-corrected chi connectivity index (χ1v) is 13.9. The summed E-state index contributed by atoms with van der Waals surface area (Å²) in [6, 6.07) is 7.55. The maximum atomic E-state index is 13.5. The molecular formula is C25H30ClN3O5S. The summed E-state index contributed by atoms with van der Waals surface area (Å²) in [5.74, 6) is 1.72. The number of ether oxygens (including phenoxy) is 1. The third-order valence-corrected chi connectivity index (χ3v) is 9.76. The molecule has 10 heteroatoms. The van der Waals surface area contributed by atoms with Crippen molar-refractivity contribution in [3.05, 3.63) is 41.6 Å². The second-order valence-electron chi connectivity index (χ2n) is 9.92. The highest BCUT2D eigenvalue weighted by Crippen LogP contribution is 2.49. The average molecular weight is 520 g/mol. The van der Waals surface area contributed by atoms with E-state index in [9.17, 15) is 18.3 Å². The molecule has 1 aliphatic heterocycles. The zero-order chi connectivity index (χ0) is 24.7. The van der Waals surface area contributed by atoms with E-state index in [0.29, 0.717) is 16.6 Å². The highest BCUT2D eigenvalue weighted by molar-refractivity contribution is 7.92. The number of amides is 1. The van der Waals surface area contributed by atoms with E-state index in [-0.39, 0.29) is 41.4 Å². The van der Waals surface area contributed by atoms with E-state index in [1.165, 1.54) is 37.6 Å². The molecule has 1 amide bonds. The number of carbonyl (C=O) groups is 1. The molecule has 1 aromatic heterocycles. The summed E-state index contributed by atoms with van der Waals surface area (Å²) in [6.45, 7) is 1.50. The van der Waals surface area contributed by atoms with Crippen molar-refractivity contribution < 1.29 is 23.1 Å². The number of aliphatic hydroxyl groups excluding tert-OH is 1. The van der Waals surface area contributed by atoms with Crippen LogP contribution in [0.15, 0.2) is 41.4 Å². The van der Waals surface area contributed by atoms with Crippen LogP contribution in [0, 0.1) is 23.7 Å². The number of fused-ring (bicyclic) bond motifs is 2. The van der Waals surface area contributed by atoms with Gasteiger partial charge < -0.3 is 15.2 Å². The minimum atomic E-state index is -4.02. The lowest BCUT2D eigenvalue weighted by atomic mass is 9.89. The van der Waals surface area contributed by atoms with Gasteiger partial charge >= 0.3 is 0 Å². The summed E-state index contributed by atoms with van der Waals surface area (Å²) in [7, 11) is -4.02. The van der Waals surface area contributed by atoms with E-state index in [1.54, 1.807) is 18.2 Å². The number of carbonyl (C=O) groups excluding carboxylic acids is 1. The molecule has 5 atom stereocenters. The SMILES string of the molecule is C[C@H](C(=O)Nc1cnc2c(c1)N(S(=O)(=O)c1cccc(Cl)c1)C[C@H](CO)O2)[C@H]1CC2CCC[C@@H]2C1. The lowest BCUT2D eigenvalue weighted by Gasteiger charge is -2.34. The van der Waals surface area contributed by atoms with Crippen molar-refractivity contribution >= 4 is 38.9 Å². The number of aliphatic hydroxyl groups is 1. The second-order valence-corrected chi connectivity index (χ2v) is 12.2. The average Bonchev–Trinajstić information content (AvgIpc) is 3.45. The molecule has 8 nitrogen and oxygen atoms in total. The maximum Gasteiger partial charge on any atom is 0.264 e. The van der Waals surface area contributed by atoms with Crippen LogP contribution >= 0.6 is 11.6 Å². The fourth-order valence-corrected chi connectivity index (χ4v) is 7.61. The number of nitrogens with zero attached hydrogens (tertiary/aromatic N) is 2. The van der Waals surface area contributed by atoms with Crippen LogP contribution in [-0.2, 0) is 14.8 Å². The van der Waals surface area contributed by atoms with Gasteiger partial charge in [-0.15, -0.1) is 0 Å². The van der Waals surface area contributed by atoms with Gasteiger partial charge in [0.15, 0.2) is 0 Å². The van der Waals surface area contributed by atoms with E-state index in [4.69, 9.17) is 16.3 Å². The third kappa shape index (κ3) is 4.73. The van der Waals surface area contributed by atoms with Gasteiger partial charge in [-0.2, -0.15) is 0 Å². The number of rotatable bonds is 6. The molecule has 0 radical (unpaired) electrons. The van der Waals surface area contributed by atoms with Crippen molar-refractivity contribution in [2.45, 2.75) is 50.0 Å². The predicted octanol–water partition coefficient (Wildman–Crippen LogP) is 4.08. The molecule has 2 aliphatic carbocycles. The lowest BCUT2D eigenvalue weighted by Crippen LogP contribution is -2.45. The zero-order valence-corrected chi connectivity index (χ0v) is 21.1. The van der Waals surface area contributed by atoms with Gasteiger partial charge in [-0.25, -0.2) is 13.4 Å². The molecule has 2 aromatic rings. The van der Waals surface area contributed by atoms with Crippen LogP contribution in [-0.4, -0.2) is 43.7 Å². The van der Waals surface area contributed by atoms with E-state index >= 15 is 0 Å². The molecule has 2 fully saturated rings. The summed E-state index contributed by atoms with van der Waals surface area (Å²) in [4.78, 5) is 17.4. The Balaban J connectivity index is 1.39. The van der Waals surface area contributed by atoms with E-state index in [2.05, 4.69) is 10.3 Å². The molecule has 1 unspecified atom stereocenters. The Hall–Kier alpha value is -2.36. The molecular weight excluding hydrogens is 490 g/mol. The lowest BCUT2D eigenvalue weighted by molar-refractivity contribution is -0.120. The second kappa shape index (κ2) is 9.59. The fraction of sp³-hybridized carbons (Fsp3) is 0.520. The van der Waals surface area contributed by atoms with Gasteiger partial charge in [0.05, 0.1) is 29.9 Å². The quantitative estimate of drug-likeness (QED) is 0.595. The highest BCUT2D eigenvalue weighted by Gasteiger charge is 2.41. The summed E-state index contributed by atoms with van der Waals surface area (Å²) >= 11 is 6.04. The standard InChI is InChI=1S/C25H30ClN3O5S/c1-15(18-8-16-4-2-5-17(16)9-18)24(31)28-20-11-23-25(27-12-20)34-21(14-30)13-29(23)35(32,33)22-7-3-6-19(26)10-22/h3,6-7,10-12,15-18,21,30H,2,4-5,8-9,13-14H2,1H3,(H,28,31)/t15-,16+,17?,18+,21+/m0/s1. The van der Waals surface area contributed by atoms with Crippen molar-refractivity contribution in [2.24, 2.45) is 23.7 Å². The van der Waals surface area contributed by atoms with Crippen LogP contribution in [0.2, 0.25) is 5.02 Å². The molecule has 2 saturated carbocycles. The summed E-state index contributed by atoms with van der Waals surface area (Å²) in [5, 5.41) is 12.9. The Morgan fingerprint density at radius 1 is 1.29 bits per heavy atom. The van der Waals surface area contributed by atoms with Gasteiger partial charge in [-0.3, -0.25) is 9.10 Å². The molecule has 2 heterocycles. The highest BCUT2D eigenvalue weighted by atomic mass is 35.5. The topological polar surface area (TPSA) is 109 Å². The number of anilines is 2. The smallest absolute Gasteiger partial charge is 0.264 e. The van der Waals surface area contributed by atoms with Crippen LogP contribution < -0.4 is 14.4 Å².